The van der Waals surface area contributed by atoms with Crippen LogP contribution in [0.15, 0.2) is 0 Å². The molecule has 0 spiro atoms. The average molecular weight is 256 g/mol. The summed E-state index contributed by atoms with van der Waals surface area (Å²) in [4.78, 5) is 13.9. The monoisotopic (exact) mass is 256 g/mol. The number of carbonyl (C=O) groups excluding carboxylic acids is 1. The van der Waals surface area contributed by atoms with Gasteiger partial charge in [-0.3, -0.25) is 4.79 Å². The van der Waals surface area contributed by atoms with E-state index in [1.165, 1.54) is 25.7 Å². The Morgan fingerprint density at radius 3 is 2.50 bits per heavy atom. The van der Waals surface area contributed by atoms with Gasteiger partial charge in [0.15, 0.2) is 0 Å². The molecule has 4 heteroatoms. The maximum atomic E-state index is 11.5. The van der Waals surface area contributed by atoms with Gasteiger partial charge in [0.1, 0.15) is 6.61 Å². The fourth-order valence-corrected chi connectivity index (χ4v) is 2.23. The van der Waals surface area contributed by atoms with Gasteiger partial charge in [0.2, 0.25) is 5.91 Å². The molecule has 0 saturated heterocycles. The molecule has 0 aliphatic heterocycles. The van der Waals surface area contributed by atoms with Crippen molar-refractivity contribution in [3.63, 3.8) is 0 Å². The van der Waals surface area contributed by atoms with Gasteiger partial charge in [-0.25, -0.2) is 0 Å². The van der Waals surface area contributed by atoms with Gasteiger partial charge in [0.25, 0.3) is 0 Å². The first-order valence-corrected chi connectivity index (χ1v) is 6.99. The van der Waals surface area contributed by atoms with E-state index < -0.39 is 0 Å². The van der Waals surface area contributed by atoms with Crippen LogP contribution < -0.4 is 5.32 Å². The van der Waals surface area contributed by atoms with Crippen molar-refractivity contribution < 1.29 is 9.53 Å². The number of nitrogens with one attached hydrogen (secondary N) is 1. The minimum Gasteiger partial charge on any atom is -0.366 e. The van der Waals surface area contributed by atoms with Crippen molar-refractivity contribution in [2.75, 3.05) is 26.7 Å². The minimum absolute atomic E-state index is 0.0234. The fraction of sp³-hybridized carbons (Fsp3) is 0.929. The second kappa shape index (κ2) is 7.10. The Bertz CT molecular complexity index is 255. The minimum atomic E-state index is -0.252. The third-order valence-corrected chi connectivity index (χ3v) is 3.37. The number of hydrogen-bond donors (Lipinski definition) is 1. The quantitative estimate of drug-likeness (QED) is 0.788. The van der Waals surface area contributed by atoms with E-state index in [9.17, 15) is 4.79 Å². The molecule has 0 aromatic heterocycles. The zero-order valence-electron chi connectivity index (χ0n) is 12.3. The predicted molar refractivity (Wildman–Crippen MR) is 73.6 cm³/mol. The van der Waals surface area contributed by atoms with Crippen molar-refractivity contribution in [3.8, 4) is 0 Å². The van der Waals surface area contributed by atoms with Crippen LogP contribution in [0.2, 0.25) is 0 Å². The second-order valence-electron chi connectivity index (χ2n) is 6.17. The molecule has 0 unspecified atom stereocenters. The third-order valence-electron chi connectivity index (χ3n) is 3.37. The fourth-order valence-electron chi connectivity index (χ4n) is 2.23. The summed E-state index contributed by atoms with van der Waals surface area (Å²) < 4.78 is 5.42. The summed E-state index contributed by atoms with van der Waals surface area (Å²) in [7, 11) is 2.15. The van der Waals surface area contributed by atoms with Crippen molar-refractivity contribution in [3.05, 3.63) is 0 Å². The van der Waals surface area contributed by atoms with Crippen molar-refractivity contribution in [2.45, 2.75) is 58.1 Å². The molecule has 0 aromatic carbocycles. The molecular weight excluding hydrogens is 228 g/mol. The van der Waals surface area contributed by atoms with Crippen LogP contribution in [0, 0.1) is 0 Å². The van der Waals surface area contributed by atoms with Gasteiger partial charge in [0, 0.05) is 19.1 Å². The van der Waals surface area contributed by atoms with Crippen LogP contribution >= 0.6 is 0 Å². The molecule has 106 valence electrons. The van der Waals surface area contributed by atoms with Gasteiger partial charge in [-0.05, 0) is 40.7 Å². The van der Waals surface area contributed by atoms with Crippen molar-refractivity contribution in [1.29, 1.82) is 0 Å². The lowest BCUT2D eigenvalue weighted by Crippen LogP contribution is -2.39. The SMILES string of the molecule is CN(CCNC(=O)COC(C)(C)C)C1CCCC1. The largest absolute Gasteiger partial charge is 0.366 e. The summed E-state index contributed by atoms with van der Waals surface area (Å²) in [6.07, 6.45) is 5.30. The summed E-state index contributed by atoms with van der Waals surface area (Å²) in [6.45, 7) is 7.64. The van der Waals surface area contributed by atoms with E-state index in [1.54, 1.807) is 0 Å². The van der Waals surface area contributed by atoms with Gasteiger partial charge >= 0.3 is 0 Å². The summed E-state index contributed by atoms with van der Waals surface area (Å²) in [6, 6.07) is 0.715. The van der Waals surface area contributed by atoms with E-state index in [0.29, 0.717) is 12.6 Å². The second-order valence-corrected chi connectivity index (χ2v) is 6.17. The standard InChI is InChI=1S/C14H28N2O2/c1-14(2,3)18-11-13(17)15-9-10-16(4)12-7-5-6-8-12/h12H,5-11H2,1-4H3,(H,15,17). The highest BCUT2D eigenvalue weighted by Crippen LogP contribution is 2.21. The molecule has 1 saturated carbocycles. The average Bonchev–Trinajstić information content (AvgIpc) is 2.78. The highest BCUT2D eigenvalue weighted by Gasteiger charge is 2.19. The number of carbonyl (C=O) groups is 1. The topological polar surface area (TPSA) is 41.6 Å². The number of hydrogen-bond acceptors (Lipinski definition) is 3. The molecule has 18 heavy (non-hydrogen) atoms. The lowest BCUT2D eigenvalue weighted by molar-refractivity contribution is -0.130. The summed E-state index contributed by atoms with van der Waals surface area (Å²) in [5, 5.41) is 2.90. The van der Waals surface area contributed by atoms with Gasteiger partial charge in [-0.1, -0.05) is 12.8 Å². The van der Waals surface area contributed by atoms with Crippen LogP contribution in [0.3, 0.4) is 0 Å². The van der Waals surface area contributed by atoms with E-state index in [-0.39, 0.29) is 18.1 Å². The summed E-state index contributed by atoms with van der Waals surface area (Å²) in [5.41, 5.74) is -0.252. The molecule has 1 rings (SSSR count). The Morgan fingerprint density at radius 2 is 1.94 bits per heavy atom. The summed E-state index contributed by atoms with van der Waals surface area (Å²) in [5.74, 6) is -0.0234. The van der Waals surface area contributed by atoms with Crippen LogP contribution in [0.1, 0.15) is 46.5 Å². The molecule has 1 N–H and O–H groups in total. The predicted octanol–water partition coefficient (Wildman–Crippen LogP) is 1.79. The Labute approximate surface area is 111 Å². The van der Waals surface area contributed by atoms with Crippen LogP contribution in [0.4, 0.5) is 0 Å². The summed E-state index contributed by atoms with van der Waals surface area (Å²) >= 11 is 0. The molecule has 0 atom stereocenters. The maximum absolute atomic E-state index is 11.5. The molecular formula is C14H28N2O2. The number of likely N-dealkylation sites (N-methyl/N-ethyl adjacent to an activating group) is 1. The van der Waals surface area contributed by atoms with Crippen molar-refractivity contribution >= 4 is 5.91 Å². The van der Waals surface area contributed by atoms with E-state index in [0.717, 1.165) is 6.54 Å². The van der Waals surface area contributed by atoms with Crippen molar-refractivity contribution in [1.82, 2.24) is 10.2 Å². The molecule has 0 radical (unpaired) electrons. The lowest BCUT2D eigenvalue weighted by Gasteiger charge is -2.24. The van der Waals surface area contributed by atoms with Crippen molar-refractivity contribution in [2.24, 2.45) is 0 Å². The zero-order valence-corrected chi connectivity index (χ0v) is 12.3. The number of ether oxygens (including phenoxy) is 1. The van der Waals surface area contributed by atoms with Gasteiger partial charge < -0.3 is 15.0 Å². The molecule has 0 bridgehead atoms. The van der Waals surface area contributed by atoms with Gasteiger partial charge in [0.05, 0.1) is 5.60 Å². The van der Waals surface area contributed by atoms with E-state index in [4.69, 9.17) is 4.74 Å². The first-order chi connectivity index (χ1) is 8.38. The molecule has 1 aliphatic carbocycles. The lowest BCUT2D eigenvalue weighted by atomic mass is 10.2. The molecule has 1 aliphatic rings. The molecule has 1 amide bonds. The van der Waals surface area contributed by atoms with Crippen LogP contribution in [0.5, 0.6) is 0 Å². The molecule has 4 nitrogen and oxygen atoms in total. The highest BCUT2D eigenvalue weighted by molar-refractivity contribution is 5.77. The van der Waals surface area contributed by atoms with Gasteiger partial charge in [-0.15, -0.1) is 0 Å². The van der Waals surface area contributed by atoms with E-state index in [1.807, 2.05) is 20.8 Å². The Kier molecular flexibility index (Phi) is 6.09. The zero-order chi connectivity index (χ0) is 13.6. The Hall–Kier alpha value is -0.610. The number of amides is 1. The molecule has 1 fully saturated rings. The molecule has 0 heterocycles. The Morgan fingerprint density at radius 1 is 1.33 bits per heavy atom. The van der Waals surface area contributed by atoms with Gasteiger partial charge in [-0.2, -0.15) is 0 Å². The van der Waals surface area contributed by atoms with Crippen LogP contribution in [-0.4, -0.2) is 49.2 Å². The third kappa shape index (κ3) is 6.36. The molecule has 0 aromatic rings. The first-order valence-electron chi connectivity index (χ1n) is 6.99. The first kappa shape index (κ1) is 15.4. The van der Waals surface area contributed by atoms with E-state index >= 15 is 0 Å². The number of rotatable bonds is 6. The Balaban J connectivity index is 2.07. The highest BCUT2D eigenvalue weighted by atomic mass is 16.5. The van der Waals surface area contributed by atoms with E-state index in [2.05, 4.69) is 17.3 Å². The number of nitrogens with zero attached hydrogens (tertiary/aromatic N) is 1. The maximum Gasteiger partial charge on any atom is 0.246 e. The normalized spacial score (nSPS) is 17.4. The van der Waals surface area contributed by atoms with Crippen LogP contribution in [-0.2, 0) is 9.53 Å². The smallest absolute Gasteiger partial charge is 0.246 e. The van der Waals surface area contributed by atoms with Crippen LogP contribution in [0.25, 0.3) is 0 Å².